The van der Waals surface area contributed by atoms with Crippen molar-refractivity contribution < 1.29 is 9.53 Å². The predicted molar refractivity (Wildman–Crippen MR) is 59.6 cm³/mol. The molecule has 0 saturated heterocycles. The summed E-state index contributed by atoms with van der Waals surface area (Å²) < 4.78 is 5.03. The first-order valence-corrected chi connectivity index (χ1v) is 5.91. The molecule has 0 bridgehead atoms. The van der Waals surface area contributed by atoms with Gasteiger partial charge in [-0.05, 0) is 32.1 Å². The van der Waals surface area contributed by atoms with E-state index in [0.717, 1.165) is 38.5 Å². The number of carbonyl (C=O) groups excluding carboxylic acids is 1. The molecule has 1 amide bonds. The zero-order chi connectivity index (χ0) is 11.1. The lowest BCUT2D eigenvalue weighted by molar-refractivity contribution is 0.137. The van der Waals surface area contributed by atoms with Crippen LogP contribution in [0.1, 0.15) is 45.4 Å². The van der Waals surface area contributed by atoms with Crippen molar-refractivity contribution in [1.29, 1.82) is 0 Å². The van der Waals surface area contributed by atoms with E-state index in [0.29, 0.717) is 12.6 Å². The number of amides is 1. The number of nitrogens with two attached hydrogens (primary N) is 1. The van der Waals surface area contributed by atoms with Gasteiger partial charge in [0.2, 0.25) is 0 Å². The fourth-order valence-corrected chi connectivity index (χ4v) is 1.78. The van der Waals surface area contributed by atoms with Gasteiger partial charge in [0, 0.05) is 12.1 Å². The highest BCUT2D eigenvalue weighted by molar-refractivity contribution is 5.67. The van der Waals surface area contributed by atoms with E-state index in [4.69, 9.17) is 10.5 Å². The number of carbonyl (C=O) groups is 1. The Morgan fingerprint density at radius 3 is 2.67 bits per heavy atom. The molecule has 0 spiro atoms. The summed E-state index contributed by atoms with van der Waals surface area (Å²) in [6, 6.07) is 0.582. The third-order valence-corrected chi connectivity index (χ3v) is 2.82. The number of hydrogen-bond acceptors (Lipinski definition) is 3. The predicted octanol–water partition coefficient (Wildman–Crippen LogP) is 1.78. The maximum absolute atomic E-state index is 11.3. The standard InChI is InChI=1S/C11H22N2O2/c1-2-3-8-15-11(14)13-10-6-4-9(12)5-7-10/h9-10H,2-8,12H2,1H3,(H,13,14). The van der Waals surface area contributed by atoms with E-state index in [9.17, 15) is 4.79 Å². The molecule has 4 heteroatoms. The Morgan fingerprint density at radius 1 is 1.40 bits per heavy atom. The molecule has 0 heterocycles. The summed E-state index contributed by atoms with van der Waals surface area (Å²) in [7, 11) is 0. The minimum Gasteiger partial charge on any atom is -0.450 e. The zero-order valence-corrected chi connectivity index (χ0v) is 9.50. The summed E-state index contributed by atoms with van der Waals surface area (Å²) in [5.74, 6) is 0. The summed E-state index contributed by atoms with van der Waals surface area (Å²) in [4.78, 5) is 11.3. The average Bonchev–Trinajstić information content (AvgIpc) is 2.22. The van der Waals surface area contributed by atoms with Crippen molar-refractivity contribution in [2.24, 2.45) is 5.73 Å². The fourth-order valence-electron chi connectivity index (χ4n) is 1.78. The van der Waals surface area contributed by atoms with Crippen molar-refractivity contribution in [3.8, 4) is 0 Å². The first kappa shape index (κ1) is 12.3. The van der Waals surface area contributed by atoms with Crippen molar-refractivity contribution in [1.82, 2.24) is 5.32 Å². The van der Waals surface area contributed by atoms with E-state index in [1.807, 2.05) is 0 Å². The summed E-state index contributed by atoms with van der Waals surface area (Å²) in [6.45, 7) is 2.60. The lowest BCUT2D eigenvalue weighted by Crippen LogP contribution is -2.40. The quantitative estimate of drug-likeness (QED) is 0.701. The second-order valence-electron chi connectivity index (χ2n) is 4.25. The molecule has 1 aliphatic carbocycles. The van der Waals surface area contributed by atoms with Crippen molar-refractivity contribution in [2.45, 2.75) is 57.5 Å². The van der Waals surface area contributed by atoms with Gasteiger partial charge in [0.25, 0.3) is 0 Å². The fraction of sp³-hybridized carbons (Fsp3) is 0.909. The summed E-state index contributed by atoms with van der Waals surface area (Å²) in [6.07, 6.45) is 5.66. The number of alkyl carbamates (subject to hydrolysis) is 1. The van der Waals surface area contributed by atoms with Crippen LogP contribution in [0, 0.1) is 0 Å². The first-order chi connectivity index (χ1) is 7.22. The summed E-state index contributed by atoms with van der Waals surface area (Å²) in [5, 5.41) is 2.88. The van der Waals surface area contributed by atoms with Crippen molar-refractivity contribution in [2.75, 3.05) is 6.61 Å². The normalized spacial score (nSPS) is 26.0. The maximum Gasteiger partial charge on any atom is 0.407 e. The molecule has 1 rings (SSSR count). The van der Waals surface area contributed by atoms with Crippen LogP contribution >= 0.6 is 0 Å². The van der Waals surface area contributed by atoms with Gasteiger partial charge in [0.1, 0.15) is 0 Å². The Balaban J connectivity index is 2.09. The van der Waals surface area contributed by atoms with Crippen molar-refractivity contribution in [3.05, 3.63) is 0 Å². The highest BCUT2D eigenvalue weighted by atomic mass is 16.5. The molecule has 0 radical (unpaired) electrons. The number of hydrogen-bond donors (Lipinski definition) is 2. The minimum absolute atomic E-state index is 0.263. The molecule has 0 aliphatic heterocycles. The van der Waals surface area contributed by atoms with Crippen LogP contribution in [-0.4, -0.2) is 24.8 Å². The maximum atomic E-state index is 11.3. The number of ether oxygens (including phenoxy) is 1. The van der Waals surface area contributed by atoms with Crippen LogP contribution in [0.25, 0.3) is 0 Å². The molecular weight excluding hydrogens is 192 g/mol. The SMILES string of the molecule is CCCCOC(=O)NC1CCC(N)CC1. The molecule has 0 aromatic rings. The van der Waals surface area contributed by atoms with Gasteiger partial charge >= 0.3 is 6.09 Å². The molecule has 3 N–H and O–H groups in total. The van der Waals surface area contributed by atoms with Crippen LogP contribution in [0.4, 0.5) is 4.79 Å². The van der Waals surface area contributed by atoms with Gasteiger partial charge in [0.05, 0.1) is 6.61 Å². The average molecular weight is 214 g/mol. The van der Waals surface area contributed by atoms with Crippen molar-refractivity contribution >= 4 is 6.09 Å². The van der Waals surface area contributed by atoms with Crippen LogP contribution in [-0.2, 0) is 4.74 Å². The molecule has 4 nitrogen and oxygen atoms in total. The molecule has 0 aromatic carbocycles. The lowest BCUT2D eigenvalue weighted by atomic mass is 9.92. The van der Waals surface area contributed by atoms with Crippen LogP contribution in [0.3, 0.4) is 0 Å². The molecule has 1 fully saturated rings. The number of rotatable bonds is 4. The second-order valence-corrected chi connectivity index (χ2v) is 4.25. The molecular formula is C11H22N2O2. The van der Waals surface area contributed by atoms with Gasteiger partial charge in [-0.15, -0.1) is 0 Å². The molecule has 15 heavy (non-hydrogen) atoms. The molecule has 0 aromatic heterocycles. The number of nitrogens with one attached hydrogen (secondary N) is 1. The summed E-state index contributed by atoms with van der Waals surface area (Å²) >= 11 is 0. The molecule has 0 unspecified atom stereocenters. The third kappa shape index (κ3) is 5.02. The Labute approximate surface area is 91.5 Å². The van der Waals surface area contributed by atoms with E-state index >= 15 is 0 Å². The van der Waals surface area contributed by atoms with E-state index in [1.165, 1.54) is 0 Å². The van der Waals surface area contributed by atoms with Gasteiger partial charge in [-0.25, -0.2) is 4.79 Å². The molecule has 1 aliphatic rings. The topological polar surface area (TPSA) is 64.3 Å². The van der Waals surface area contributed by atoms with E-state index in [2.05, 4.69) is 12.2 Å². The van der Waals surface area contributed by atoms with Gasteiger partial charge < -0.3 is 15.8 Å². The van der Waals surface area contributed by atoms with Crippen LogP contribution in [0.15, 0.2) is 0 Å². The summed E-state index contributed by atoms with van der Waals surface area (Å²) in [5.41, 5.74) is 5.78. The largest absolute Gasteiger partial charge is 0.450 e. The Hall–Kier alpha value is -0.770. The van der Waals surface area contributed by atoms with Crippen molar-refractivity contribution in [3.63, 3.8) is 0 Å². The van der Waals surface area contributed by atoms with Crippen LogP contribution in [0.5, 0.6) is 0 Å². The monoisotopic (exact) mass is 214 g/mol. The zero-order valence-electron chi connectivity index (χ0n) is 9.50. The highest BCUT2D eigenvalue weighted by Crippen LogP contribution is 2.16. The Morgan fingerprint density at radius 2 is 2.07 bits per heavy atom. The lowest BCUT2D eigenvalue weighted by Gasteiger charge is -2.26. The van der Waals surface area contributed by atoms with Crippen LogP contribution < -0.4 is 11.1 Å². The third-order valence-electron chi connectivity index (χ3n) is 2.82. The van der Waals surface area contributed by atoms with E-state index in [1.54, 1.807) is 0 Å². The molecule has 88 valence electrons. The Kier molecular flexibility index (Phi) is 5.47. The highest BCUT2D eigenvalue weighted by Gasteiger charge is 2.20. The van der Waals surface area contributed by atoms with Gasteiger partial charge in [-0.1, -0.05) is 13.3 Å². The van der Waals surface area contributed by atoms with Gasteiger partial charge in [-0.2, -0.15) is 0 Å². The van der Waals surface area contributed by atoms with Gasteiger partial charge in [-0.3, -0.25) is 0 Å². The smallest absolute Gasteiger partial charge is 0.407 e. The molecule has 1 saturated carbocycles. The van der Waals surface area contributed by atoms with E-state index in [-0.39, 0.29) is 12.1 Å². The van der Waals surface area contributed by atoms with Gasteiger partial charge in [0.15, 0.2) is 0 Å². The second kappa shape index (κ2) is 6.67. The Bertz CT molecular complexity index is 189. The number of unbranched alkanes of at least 4 members (excludes halogenated alkanes) is 1. The van der Waals surface area contributed by atoms with E-state index < -0.39 is 0 Å². The first-order valence-electron chi connectivity index (χ1n) is 5.91. The molecule has 0 atom stereocenters. The minimum atomic E-state index is -0.274. The van der Waals surface area contributed by atoms with Crippen LogP contribution in [0.2, 0.25) is 0 Å².